The maximum atomic E-state index is 9.55. The molecule has 0 bridgehead atoms. The summed E-state index contributed by atoms with van der Waals surface area (Å²) in [5.74, 6) is 5.37. The Morgan fingerprint density at radius 3 is 2.75 bits per heavy atom. The van der Waals surface area contributed by atoms with Crippen molar-refractivity contribution in [1.29, 1.82) is 0 Å². The van der Waals surface area contributed by atoms with Crippen LogP contribution in [0.4, 0.5) is 0 Å². The third-order valence-corrected chi connectivity index (χ3v) is 1.90. The molecule has 0 aromatic carbocycles. The van der Waals surface area contributed by atoms with E-state index in [2.05, 4.69) is 18.4 Å². The second-order valence-corrected chi connectivity index (χ2v) is 3.28. The predicted octanol–water partition coefficient (Wildman–Crippen LogP) is 1.11. The largest absolute Gasteiger partial charge is 0.377 e. The fraction of sp³-hybridized carbons (Fsp3) is 0.600. The minimum atomic E-state index is -0.667. The highest BCUT2D eigenvalue weighted by molar-refractivity contribution is 5.18. The lowest BCUT2D eigenvalue weighted by molar-refractivity contribution is 0.119. The van der Waals surface area contributed by atoms with E-state index in [4.69, 9.17) is 4.74 Å². The van der Waals surface area contributed by atoms with Gasteiger partial charge in [-0.25, -0.2) is 0 Å². The molecule has 1 rings (SSSR count). The number of rotatable bonds is 3. The quantitative estimate of drug-likeness (QED) is 0.387. The number of ether oxygens (including phenoxy) is 1. The summed E-state index contributed by atoms with van der Waals surface area (Å²) in [5.41, 5.74) is 0.582. The summed E-state index contributed by atoms with van der Waals surface area (Å²) in [6.45, 7) is 8.01. The fourth-order valence-corrected chi connectivity index (χ4v) is 1.23. The number of aliphatic hydroxyl groups is 1. The van der Waals surface area contributed by atoms with Crippen LogP contribution in [0.1, 0.15) is 20.3 Å². The summed E-state index contributed by atoms with van der Waals surface area (Å²) in [4.78, 5) is 0. The number of hydrogen-bond acceptors (Lipinski definition) is 2. The molecule has 0 spiro atoms. The van der Waals surface area contributed by atoms with Crippen LogP contribution in [0, 0.1) is 11.8 Å². The van der Waals surface area contributed by atoms with Gasteiger partial charge in [0.25, 0.3) is 0 Å². The predicted molar refractivity (Wildman–Crippen MR) is 47.6 cm³/mol. The van der Waals surface area contributed by atoms with Crippen LogP contribution in [-0.2, 0) is 4.74 Å². The maximum absolute atomic E-state index is 9.55. The summed E-state index contributed by atoms with van der Waals surface area (Å²) in [5, 5.41) is 9.55. The number of epoxide rings is 1. The molecule has 1 N–H and O–H groups in total. The molecule has 1 fully saturated rings. The van der Waals surface area contributed by atoms with E-state index in [9.17, 15) is 5.11 Å². The maximum Gasteiger partial charge on any atom is 0.146 e. The van der Waals surface area contributed by atoms with Crippen LogP contribution < -0.4 is 0 Å². The van der Waals surface area contributed by atoms with Crippen molar-refractivity contribution in [3.05, 3.63) is 12.2 Å². The smallest absolute Gasteiger partial charge is 0.146 e. The van der Waals surface area contributed by atoms with Crippen LogP contribution in [-0.4, -0.2) is 23.4 Å². The van der Waals surface area contributed by atoms with Gasteiger partial charge in [0, 0.05) is 6.42 Å². The van der Waals surface area contributed by atoms with Crippen molar-refractivity contribution in [2.45, 2.75) is 32.0 Å². The second kappa shape index (κ2) is 3.30. The number of aliphatic hydroxyl groups excluding tert-OH is 1. The van der Waals surface area contributed by atoms with E-state index < -0.39 is 11.7 Å². The van der Waals surface area contributed by atoms with Crippen molar-refractivity contribution < 1.29 is 9.84 Å². The molecule has 0 unspecified atom stereocenters. The molecule has 0 saturated carbocycles. The highest BCUT2D eigenvalue weighted by Crippen LogP contribution is 2.36. The molecule has 0 aliphatic carbocycles. The highest BCUT2D eigenvalue weighted by Gasteiger charge is 2.50. The molecule has 1 heterocycles. The Balaban J connectivity index is 2.57. The van der Waals surface area contributed by atoms with E-state index in [1.807, 2.05) is 6.92 Å². The van der Waals surface area contributed by atoms with Gasteiger partial charge in [-0.1, -0.05) is 11.5 Å². The monoisotopic (exact) mass is 166 g/mol. The molecular formula is C10H14O2. The van der Waals surface area contributed by atoms with Gasteiger partial charge in [0.15, 0.2) is 0 Å². The molecule has 0 aromatic heterocycles. The van der Waals surface area contributed by atoms with Gasteiger partial charge < -0.3 is 9.84 Å². The molecule has 0 amide bonds. The normalized spacial score (nSPS) is 28.6. The topological polar surface area (TPSA) is 32.8 Å². The standard InChI is InChI=1S/C10H14O2/c1-4-5-9(11)10(7-12-10)6-8(2)3/h9,11H,2,6-7H2,1,3H3/t9-,10-/m1/s1. The van der Waals surface area contributed by atoms with Gasteiger partial charge in [-0.3, -0.25) is 0 Å². The van der Waals surface area contributed by atoms with Crippen LogP contribution >= 0.6 is 0 Å². The minimum absolute atomic E-state index is 0.436. The minimum Gasteiger partial charge on any atom is -0.377 e. The Labute approximate surface area is 73.2 Å². The van der Waals surface area contributed by atoms with E-state index in [1.165, 1.54) is 0 Å². The zero-order valence-electron chi connectivity index (χ0n) is 7.55. The Kier molecular flexibility index (Phi) is 2.56. The van der Waals surface area contributed by atoms with Gasteiger partial charge in [-0.2, -0.15) is 0 Å². The molecule has 0 aromatic rings. The average Bonchev–Trinajstić information content (AvgIpc) is 2.69. The molecule has 2 nitrogen and oxygen atoms in total. The average molecular weight is 166 g/mol. The van der Waals surface area contributed by atoms with Crippen LogP contribution in [0.15, 0.2) is 12.2 Å². The fourth-order valence-electron chi connectivity index (χ4n) is 1.23. The lowest BCUT2D eigenvalue weighted by Crippen LogP contribution is -2.28. The third-order valence-electron chi connectivity index (χ3n) is 1.90. The first kappa shape index (κ1) is 9.31. The first-order valence-electron chi connectivity index (χ1n) is 3.99. The van der Waals surface area contributed by atoms with Gasteiger partial charge in [0.1, 0.15) is 11.7 Å². The molecule has 66 valence electrons. The highest BCUT2D eigenvalue weighted by atomic mass is 16.6. The van der Waals surface area contributed by atoms with E-state index >= 15 is 0 Å². The van der Waals surface area contributed by atoms with Gasteiger partial charge in [0.05, 0.1) is 6.61 Å². The first-order chi connectivity index (χ1) is 5.60. The first-order valence-corrected chi connectivity index (χ1v) is 3.99. The van der Waals surface area contributed by atoms with E-state index in [0.717, 1.165) is 5.57 Å². The molecule has 1 aliphatic rings. The van der Waals surface area contributed by atoms with E-state index in [0.29, 0.717) is 13.0 Å². The SMILES string of the molecule is C=C(C)C[C@]1([C@H](O)C#CC)CO1. The van der Waals surface area contributed by atoms with Crippen LogP contribution in [0.5, 0.6) is 0 Å². The van der Waals surface area contributed by atoms with Crippen molar-refractivity contribution in [2.24, 2.45) is 0 Å². The van der Waals surface area contributed by atoms with Crippen molar-refractivity contribution in [3.8, 4) is 11.8 Å². The third kappa shape index (κ3) is 1.88. The van der Waals surface area contributed by atoms with Crippen molar-refractivity contribution in [2.75, 3.05) is 6.61 Å². The molecular weight excluding hydrogens is 152 g/mol. The van der Waals surface area contributed by atoms with E-state index in [1.54, 1.807) is 6.92 Å². The Morgan fingerprint density at radius 1 is 1.83 bits per heavy atom. The van der Waals surface area contributed by atoms with Gasteiger partial charge in [-0.15, -0.1) is 12.5 Å². The lowest BCUT2D eigenvalue weighted by atomic mass is 9.96. The molecule has 1 aliphatic heterocycles. The summed E-state index contributed by atoms with van der Waals surface area (Å²) in [6, 6.07) is 0. The summed E-state index contributed by atoms with van der Waals surface area (Å²) >= 11 is 0. The van der Waals surface area contributed by atoms with Crippen LogP contribution in [0.25, 0.3) is 0 Å². The van der Waals surface area contributed by atoms with Crippen LogP contribution in [0.2, 0.25) is 0 Å². The van der Waals surface area contributed by atoms with E-state index in [-0.39, 0.29) is 0 Å². The van der Waals surface area contributed by atoms with Crippen LogP contribution in [0.3, 0.4) is 0 Å². The zero-order valence-corrected chi connectivity index (χ0v) is 7.55. The van der Waals surface area contributed by atoms with Gasteiger partial charge in [-0.05, 0) is 13.8 Å². The van der Waals surface area contributed by atoms with Gasteiger partial charge in [0.2, 0.25) is 0 Å². The van der Waals surface area contributed by atoms with Crippen molar-refractivity contribution >= 4 is 0 Å². The van der Waals surface area contributed by atoms with Crippen molar-refractivity contribution in [3.63, 3.8) is 0 Å². The lowest BCUT2D eigenvalue weighted by Gasteiger charge is -2.13. The Hall–Kier alpha value is -0.780. The summed E-state index contributed by atoms with van der Waals surface area (Å²) in [7, 11) is 0. The molecule has 2 atom stereocenters. The van der Waals surface area contributed by atoms with Gasteiger partial charge >= 0.3 is 0 Å². The Morgan fingerprint density at radius 2 is 2.42 bits per heavy atom. The summed E-state index contributed by atoms with van der Waals surface area (Å²) in [6.07, 6.45) is 0.0299. The zero-order chi connectivity index (χ0) is 9.19. The second-order valence-electron chi connectivity index (χ2n) is 3.28. The number of hydrogen-bond donors (Lipinski definition) is 1. The summed E-state index contributed by atoms with van der Waals surface area (Å²) < 4.78 is 5.21. The molecule has 1 saturated heterocycles. The molecule has 2 heteroatoms. The molecule has 12 heavy (non-hydrogen) atoms. The molecule has 0 radical (unpaired) electrons. The van der Waals surface area contributed by atoms with Crippen molar-refractivity contribution in [1.82, 2.24) is 0 Å². The Bertz CT molecular complexity index is 240.